The Morgan fingerprint density at radius 1 is 1.08 bits per heavy atom. The highest BCUT2D eigenvalue weighted by Crippen LogP contribution is 2.25. The summed E-state index contributed by atoms with van der Waals surface area (Å²) in [5.41, 5.74) is 0. The zero-order chi connectivity index (χ0) is 17.9. The van der Waals surface area contributed by atoms with E-state index in [9.17, 15) is 9.59 Å². The van der Waals surface area contributed by atoms with Gasteiger partial charge in [-0.2, -0.15) is 0 Å². The van der Waals surface area contributed by atoms with Gasteiger partial charge >= 0.3 is 0 Å². The summed E-state index contributed by atoms with van der Waals surface area (Å²) in [6, 6.07) is 0.0666. The van der Waals surface area contributed by atoms with E-state index in [1.807, 2.05) is 0 Å². The van der Waals surface area contributed by atoms with E-state index in [2.05, 4.69) is 23.8 Å². The van der Waals surface area contributed by atoms with Crippen molar-refractivity contribution in [2.45, 2.75) is 51.4 Å². The van der Waals surface area contributed by atoms with E-state index in [0.717, 1.165) is 19.3 Å². The molecule has 0 aliphatic heterocycles. The quantitative estimate of drug-likeness (QED) is 0.561. The van der Waals surface area contributed by atoms with Gasteiger partial charge in [-0.1, -0.05) is 18.6 Å². The van der Waals surface area contributed by atoms with Crippen molar-refractivity contribution in [3.8, 4) is 0 Å². The topological polar surface area (TPSA) is 76.7 Å². The highest BCUT2D eigenvalue weighted by atomic mass is 16.5. The van der Waals surface area contributed by atoms with Crippen molar-refractivity contribution in [1.82, 2.24) is 10.6 Å². The van der Waals surface area contributed by atoms with Crippen LogP contribution in [0.3, 0.4) is 0 Å². The number of hydrogen-bond donors (Lipinski definition) is 2. The molecule has 0 aromatic heterocycles. The Morgan fingerprint density at radius 2 is 1.67 bits per heavy atom. The van der Waals surface area contributed by atoms with Gasteiger partial charge in [0.1, 0.15) is 12.2 Å². The Hall–Kier alpha value is -1.66. The summed E-state index contributed by atoms with van der Waals surface area (Å²) in [6.07, 6.45) is 5.15. The molecule has 1 aliphatic carbocycles. The van der Waals surface area contributed by atoms with Gasteiger partial charge in [-0.15, -0.1) is 13.2 Å². The SMILES string of the molecule is C=CCOC(C)C(=O)NCC1CCCC1NC(=O)C(C)OCC=C. The Labute approximate surface area is 144 Å². The van der Waals surface area contributed by atoms with Gasteiger partial charge in [0.25, 0.3) is 0 Å². The van der Waals surface area contributed by atoms with Crippen molar-refractivity contribution in [3.05, 3.63) is 25.3 Å². The molecule has 0 radical (unpaired) electrons. The summed E-state index contributed by atoms with van der Waals surface area (Å²) >= 11 is 0. The third-order valence-corrected chi connectivity index (χ3v) is 4.19. The third-order valence-electron chi connectivity index (χ3n) is 4.19. The number of carbonyl (C=O) groups is 2. The molecule has 24 heavy (non-hydrogen) atoms. The lowest BCUT2D eigenvalue weighted by molar-refractivity contribution is -0.132. The van der Waals surface area contributed by atoms with E-state index < -0.39 is 12.2 Å². The van der Waals surface area contributed by atoms with Gasteiger partial charge in [0.05, 0.1) is 13.2 Å². The predicted molar refractivity (Wildman–Crippen MR) is 93.5 cm³/mol. The van der Waals surface area contributed by atoms with Gasteiger partial charge in [0.15, 0.2) is 0 Å². The number of ether oxygens (including phenoxy) is 2. The summed E-state index contributed by atoms with van der Waals surface area (Å²) in [7, 11) is 0. The van der Waals surface area contributed by atoms with Gasteiger partial charge in [0, 0.05) is 12.6 Å². The monoisotopic (exact) mass is 338 g/mol. The first-order valence-corrected chi connectivity index (χ1v) is 8.52. The lowest BCUT2D eigenvalue weighted by Crippen LogP contribution is -2.46. The van der Waals surface area contributed by atoms with Gasteiger partial charge in [-0.05, 0) is 32.6 Å². The lowest BCUT2D eigenvalue weighted by Gasteiger charge is -2.23. The maximum atomic E-state index is 12.1. The van der Waals surface area contributed by atoms with E-state index in [4.69, 9.17) is 9.47 Å². The van der Waals surface area contributed by atoms with Crippen LogP contribution < -0.4 is 10.6 Å². The van der Waals surface area contributed by atoms with Crippen molar-refractivity contribution in [2.75, 3.05) is 19.8 Å². The second kappa shape index (κ2) is 11.0. The first kappa shape index (κ1) is 20.4. The molecule has 136 valence electrons. The summed E-state index contributed by atoms with van der Waals surface area (Å²) in [6.45, 7) is 11.8. The highest BCUT2D eigenvalue weighted by molar-refractivity contribution is 5.81. The summed E-state index contributed by atoms with van der Waals surface area (Å²) < 4.78 is 10.6. The Morgan fingerprint density at radius 3 is 2.25 bits per heavy atom. The Kier molecular flexibility index (Phi) is 9.34. The molecule has 1 saturated carbocycles. The van der Waals surface area contributed by atoms with Crippen LogP contribution >= 0.6 is 0 Å². The van der Waals surface area contributed by atoms with Gasteiger partial charge in [-0.3, -0.25) is 9.59 Å². The van der Waals surface area contributed by atoms with Crippen molar-refractivity contribution >= 4 is 11.8 Å². The van der Waals surface area contributed by atoms with E-state index in [0.29, 0.717) is 19.8 Å². The van der Waals surface area contributed by atoms with E-state index in [1.54, 1.807) is 26.0 Å². The maximum absolute atomic E-state index is 12.1. The van der Waals surface area contributed by atoms with E-state index in [-0.39, 0.29) is 23.8 Å². The molecule has 0 heterocycles. The first-order valence-electron chi connectivity index (χ1n) is 8.52. The van der Waals surface area contributed by atoms with Gasteiger partial charge in [0.2, 0.25) is 11.8 Å². The molecule has 6 nitrogen and oxygen atoms in total. The van der Waals surface area contributed by atoms with Crippen molar-refractivity contribution in [2.24, 2.45) is 5.92 Å². The lowest BCUT2D eigenvalue weighted by atomic mass is 10.0. The minimum atomic E-state index is -0.509. The average molecular weight is 338 g/mol. The largest absolute Gasteiger partial charge is 0.365 e. The molecule has 1 rings (SSSR count). The van der Waals surface area contributed by atoms with Crippen LogP contribution in [0.25, 0.3) is 0 Å². The fourth-order valence-corrected chi connectivity index (χ4v) is 2.72. The number of carbonyl (C=O) groups excluding carboxylic acids is 2. The number of amides is 2. The first-order chi connectivity index (χ1) is 11.5. The van der Waals surface area contributed by atoms with Crippen LogP contribution in [0, 0.1) is 5.92 Å². The normalized spacial score (nSPS) is 22.4. The second-order valence-corrected chi connectivity index (χ2v) is 6.08. The summed E-state index contributed by atoms with van der Waals surface area (Å²) in [5.74, 6) is -0.0321. The minimum absolute atomic E-state index is 0.0666. The second-order valence-electron chi connectivity index (χ2n) is 6.08. The fraction of sp³-hybridized carbons (Fsp3) is 0.667. The minimum Gasteiger partial charge on any atom is -0.365 e. The number of rotatable bonds is 11. The zero-order valence-electron chi connectivity index (χ0n) is 14.8. The predicted octanol–water partition coefficient (Wildman–Crippen LogP) is 1.57. The van der Waals surface area contributed by atoms with Crippen LogP contribution in [-0.2, 0) is 19.1 Å². The molecule has 4 atom stereocenters. The molecular weight excluding hydrogens is 308 g/mol. The van der Waals surface area contributed by atoms with E-state index in [1.165, 1.54) is 0 Å². The molecule has 4 unspecified atom stereocenters. The van der Waals surface area contributed by atoms with Crippen LogP contribution in [0.15, 0.2) is 25.3 Å². The van der Waals surface area contributed by atoms with E-state index >= 15 is 0 Å². The molecular formula is C18H30N2O4. The summed E-state index contributed by atoms with van der Waals surface area (Å²) in [4.78, 5) is 24.1. The molecule has 0 saturated heterocycles. The molecule has 2 amide bonds. The van der Waals surface area contributed by atoms with Crippen molar-refractivity contribution in [3.63, 3.8) is 0 Å². The Balaban J connectivity index is 2.39. The molecule has 0 bridgehead atoms. The fourth-order valence-electron chi connectivity index (χ4n) is 2.72. The smallest absolute Gasteiger partial charge is 0.249 e. The van der Waals surface area contributed by atoms with Crippen LogP contribution in [-0.4, -0.2) is 49.8 Å². The van der Waals surface area contributed by atoms with Crippen LogP contribution in [0.1, 0.15) is 33.1 Å². The van der Waals surface area contributed by atoms with Crippen LogP contribution in [0.4, 0.5) is 0 Å². The third kappa shape index (κ3) is 6.84. The zero-order valence-corrected chi connectivity index (χ0v) is 14.8. The van der Waals surface area contributed by atoms with Gasteiger partial charge < -0.3 is 20.1 Å². The molecule has 6 heteroatoms. The van der Waals surface area contributed by atoms with Crippen molar-refractivity contribution < 1.29 is 19.1 Å². The molecule has 2 N–H and O–H groups in total. The average Bonchev–Trinajstić information content (AvgIpc) is 3.02. The number of hydrogen-bond acceptors (Lipinski definition) is 4. The van der Waals surface area contributed by atoms with Crippen molar-refractivity contribution in [1.29, 1.82) is 0 Å². The highest BCUT2D eigenvalue weighted by Gasteiger charge is 2.30. The summed E-state index contributed by atoms with van der Waals surface area (Å²) in [5, 5.41) is 5.94. The standard InChI is InChI=1S/C18H30N2O4/c1-5-10-23-13(3)17(21)19-12-15-8-7-9-16(15)20-18(22)14(4)24-11-6-2/h5-6,13-16H,1-2,7-12H2,3-4H3,(H,19,21)(H,20,22). The molecule has 1 aliphatic rings. The van der Waals surface area contributed by atoms with Gasteiger partial charge in [-0.25, -0.2) is 0 Å². The molecule has 0 spiro atoms. The number of nitrogens with one attached hydrogen (secondary N) is 2. The molecule has 1 fully saturated rings. The maximum Gasteiger partial charge on any atom is 0.249 e. The molecule has 0 aromatic carbocycles. The van der Waals surface area contributed by atoms with Crippen LogP contribution in [0.2, 0.25) is 0 Å². The molecule has 0 aromatic rings. The Bertz CT molecular complexity index is 439. The van der Waals surface area contributed by atoms with Crippen LogP contribution in [0.5, 0.6) is 0 Å².